The normalized spacial score (nSPS) is 17.3. The van der Waals surface area contributed by atoms with Crippen molar-refractivity contribution >= 4 is 5.91 Å². The van der Waals surface area contributed by atoms with Crippen LogP contribution in [-0.2, 0) is 0 Å². The van der Waals surface area contributed by atoms with Gasteiger partial charge in [0.15, 0.2) is 6.20 Å². The van der Waals surface area contributed by atoms with Crippen molar-refractivity contribution in [3.8, 4) is 0 Å². The Labute approximate surface area is 101 Å². The molecule has 4 nitrogen and oxygen atoms in total. The Kier molecular flexibility index (Phi) is 3.96. The van der Waals surface area contributed by atoms with Gasteiger partial charge in [-0.1, -0.05) is 19.3 Å². The van der Waals surface area contributed by atoms with Crippen LogP contribution in [0.4, 0.5) is 0 Å². The fourth-order valence-corrected chi connectivity index (χ4v) is 2.21. The van der Waals surface area contributed by atoms with Crippen molar-refractivity contribution in [1.29, 1.82) is 0 Å². The van der Waals surface area contributed by atoms with E-state index in [9.17, 15) is 10.0 Å². The van der Waals surface area contributed by atoms with Gasteiger partial charge in [-0.2, -0.15) is 4.73 Å². The van der Waals surface area contributed by atoms with E-state index in [1.807, 2.05) is 4.90 Å². The highest BCUT2D eigenvalue weighted by molar-refractivity contribution is 5.90. The summed E-state index contributed by atoms with van der Waals surface area (Å²) in [6, 6.07) is 4.96. The number of hydrogen-bond acceptors (Lipinski definition) is 2. The van der Waals surface area contributed by atoms with Crippen LogP contribution in [0, 0.1) is 5.21 Å². The van der Waals surface area contributed by atoms with Crippen molar-refractivity contribution in [1.82, 2.24) is 4.90 Å². The first-order valence-corrected chi connectivity index (χ1v) is 6.26. The van der Waals surface area contributed by atoms with Gasteiger partial charge in [0.2, 0.25) is 0 Å². The largest absolute Gasteiger partial charge is 0.618 e. The molecule has 1 aliphatic heterocycles. The minimum Gasteiger partial charge on any atom is -0.618 e. The first-order chi connectivity index (χ1) is 8.29. The van der Waals surface area contributed by atoms with Crippen molar-refractivity contribution in [2.75, 3.05) is 13.1 Å². The second-order valence-electron chi connectivity index (χ2n) is 4.47. The van der Waals surface area contributed by atoms with Crippen LogP contribution in [0.25, 0.3) is 0 Å². The molecule has 0 saturated carbocycles. The quantitative estimate of drug-likeness (QED) is 0.548. The zero-order chi connectivity index (χ0) is 12.1. The molecule has 0 radical (unpaired) electrons. The summed E-state index contributed by atoms with van der Waals surface area (Å²) < 4.78 is 0.654. The van der Waals surface area contributed by atoms with Crippen LogP contribution in [-0.4, -0.2) is 23.9 Å². The fraction of sp³-hybridized carbons (Fsp3) is 0.538. The lowest BCUT2D eigenvalue weighted by Gasteiger charge is -2.23. The Morgan fingerprint density at radius 2 is 1.76 bits per heavy atom. The van der Waals surface area contributed by atoms with Crippen LogP contribution >= 0.6 is 0 Å². The monoisotopic (exact) mass is 234 g/mol. The highest BCUT2D eigenvalue weighted by Gasteiger charge is 2.22. The summed E-state index contributed by atoms with van der Waals surface area (Å²) in [5.41, 5.74) is 0.230. The molecule has 2 rings (SSSR count). The van der Waals surface area contributed by atoms with Crippen molar-refractivity contribution in [3.05, 3.63) is 35.3 Å². The van der Waals surface area contributed by atoms with Gasteiger partial charge in [0.05, 0.1) is 0 Å². The molecule has 0 aromatic carbocycles. The molecule has 0 aliphatic carbocycles. The van der Waals surface area contributed by atoms with E-state index in [2.05, 4.69) is 0 Å². The van der Waals surface area contributed by atoms with Crippen LogP contribution in [0.3, 0.4) is 0 Å². The molecule has 0 unspecified atom stereocenters. The van der Waals surface area contributed by atoms with Crippen molar-refractivity contribution in [3.63, 3.8) is 0 Å². The Morgan fingerprint density at radius 1 is 1.12 bits per heavy atom. The summed E-state index contributed by atoms with van der Waals surface area (Å²) in [6.07, 6.45) is 7.06. The van der Waals surface area contributed by atoms with E-state index in [0.29, 0.717) is 4.73 Å². The molecular weight excluding hydrogens is 216 g/mol. The predicted molar refractivity (Wildman–Crippen MR) is 64.4 cm³/mol. The van der Waals surface area contributed by atoms with E-state index >= 15 is 0 Å². The average Bonchev–Trinajstić information content (AvgIpc) is 2.28. The molecular formula is C13H18N2O2. The first kappa shape index (κ1) is 11.9. The maximum atomic E-state index is 12.2. The van der Waals surface area contributed by atoms with E-state index < -0.39 is 0 Å². The minimum absolute atomic E-state index is 0.137. The number of nitrogens with zero attached hydrogens (tertiary/aromatic N) is 2. The number of hydrogen-bond donors (Lipinski definition) is 0. The van der Waals surface area contributed by atoms with Gasteiger partial charge in [0, 0.05) is 25.2 Å². The molecule has 1 aromatic rings. The van der Waals surface area contributed by atoms with E-state index in [0.717, 1.165) is 25.9 Å². The molecule has 1 aromatic heterocycles. The standard InChI is InChI=1S/C13H18N2O2/c16-13(12-8-4-7-11-15(12)17)14-9-5-2-1-3-6-10-14/h4,7-8,11H,1-3,5-6,9-10H2. The number of aromatic nitrogens is 1. The number of likely N-dealkylation sites (tertiary alicyclic amines) is 1. The molecule has 0 spiro atoms. The number of amides is 1. The second-order valence-corrected chi connectivity index (χ2v) is 4.47. The summed E-state index contributed by atoms with van der Waals surface area (Å²) in [5, 5.41) is 11.5. The van der Waals surface area contributed by atoms with Crippen LogP contribution in [0.15, 0.2) is 24.4 Å². The summed E-state index contributed by atoms with van der Waals surface area (Å²) in [4.78, 5) is 14.0. The summed E-state index contributed by atoms with van der Waals surface area (Å²) in [5.74, 6) is -0.137. The fourth-order valence-electron chi connectivity index (χ4n) is 2.21. The molecule has 4 heteroatoms. The number of carbonyl (C=O) groups excluding carboxylic acids is 1. The molecule has 2 heterocycles. The molecule has 1 saturated heterocycles. The van der Waals surface area contributed by atoms with Crippen LogP contribution in [0.5, 0.6) is 0 Å². The third-order valence-corrected chi connectivity index (χ3v) is 3.19. The smallest absolute Gasteiger partial charge is 0.319 e. The lowest BCUT2D eigenvalue weighted by molar-refractivity contribution is -0.608. The van der Waals surface area contributed by atoms with E-state index in [1.165, 1.54) is 25.5 Å². The zero-order valence-corrected chi connectivity index (χ0v) is 9.97. The van der Waals surface area contributed by atoms with E-state index in [-0.39, 0.29) is 11.6 Å². The SMILES string of the molecule is O=C(c1cccc[n+]1[O-])N1CCCCCCC1. The Morgan fingerprint density at radius 3 is 2.41 bits per heavy atom. The van der Waals surface area contributed by atoms with Gasteiger partial charge in [-0.25, -0.2) is 0 Å². The first-order valence-electron chi connectivity index (χ1n) is 6.26. The highest BCUT2D eigenvalue weighted by atomic mass is 16.5. The van der Waals surface area contributed by atoms with Gasteiger partial charge in [-0.05, 0) is 18.9 Å². The van der Waals surface area contributed by atoms with E-state index in [4.69, 9.17) is 0 Å². The van der Waals surface area contributed by atoms with Gasteiger partial charge in [-0.15, -0.1) is 0 Å². The Hall–Kier alpha value is -1.58. The number of carbonyl (C=O) groups is 1. The predicted octanol–water partition coefficient (Wildman–Crippen LogP) is 1.73. The lowest BCUT2D eigenvalue weighted by atomic mass is 10.1. The average molecular weight is 234 g/mol. The maximum Gasteiger partial charge on any atom is 0.319 e. The minimum atomic E-state index is -0.137. The van der Waals surface area contributed by atoms with E-state index in [1.54, 1.807) is 18.2 Å². The summed E-state index contributed by atoms with van der Waals surface area (Å²) in [6.45, 7) is 1.54. The van der Waals surface area contributed by atoms with Gasteiger partial charge in [0.25, 0.3) is 5.69 Å². The summed E-state index contributed by atoms with van der Waals surface area (Å²) >= 11 is 0. The summed E-state index contributed by atoms with van der Waals surface area (Å²) in [7, 11) is 0. The Balaban J connectivity index is 2.10. The van der Waals surface area contributed by atoms with Gasteiger partial charge < -0.3 is 10.1 Å². The van der Waals surface area contributed by atoms with Crippen molar-refractivity contribution in [2.24, 2.45) is 0 Å². The molecule has 1 fully saturated rings. The molecule has 1 amide bonds. The number of rotatable bonds is 1. The molecule has 0 N–H and O–H groups in total. The van der Waals surface area contributed by atoms with Crippen LogP contribution in [0.2, 0.25) is 0 Å². The van der Waals surface area contributed by atoms with Gasteiger partial charge >= 0.3 is 5.91 Å². The number of pyridine rings is 1. The molecule has 92 valence electrons. The van der Waals surface area contributed by atoms with Crippen LogP contribution < -0.4 is 4.73 Å². The van der Waals surface area contributed by atoms with Gasteiger partial charge in [-0.3, -0.25) is 4.79 Å². The highest BCUT2D eigenvalue weighted by Crippen LogP contribution is 2.12. The Bertz CT molecular complexity index is 385. The van der Waals surface area contributed by atoms with Crippen molar-refractivity contribution < 1.29 is 9.52 Å². The van der Waals surface area contributed by atoms with Crippen LogP contribution in [0.1, 0.15) is 42.6 Å². The maximum absolute atomic E-state index is 12.2. The second kappa shape index (κ2) is 5.66. The lowest BCUT2D eigenvalue weighted by Crippen LogP contribution is -2.42. The van der Waals surface area contributed by atoms with Gasteiger partial charge in [0.1, 0.15) is 0 Å². The van der Waals surface area contributed by atoms with Crippen molar-refractivity contribution in [2.45, 2.75) is 32.1 Å². The molecule has 17 heavy (non-hydrogen) atoms. The topological polar surface area (TPSA) is 47.2 Å². The molecule has 0 atom stereocenters. The third kappa shape index (κ3) is 2.96. The zero-order valence-electron chi connectivity index (χ0n) is 9.97. The molecule has 0 bridgehead atoms. The molecule has 1 aliphatic rings. The third-order valence-electron chi connectivity index (χ3n) is 3.19.